The molecule has 8 nitrogen and oxygen atoms in total. The highest BCUT2D eigenvalue weighted by Gasteiger charge is 2.32. The number of nitrogens with one attached hydrogen (secondary N) is 1. The van der Waals surface area contributed by atoms with E-state index in [9.17, 15) is 18.0 Å². The number of hydrogen-bond acceptors (Lipinski definition) is 5. The number of carbonyl (C=O) groups is 2. The number of benzene rings is 3. The number of sulfonamides is 1. The highest BCUT2D eigenvalue weighted by Crippen LogP contribution is 2.25. The molecule has 1 atom stereocenters. The van der Waals surface area contributed by atoms with Gasteiger partial charge in [-0.1, -0.05) is 66.2 Å². The fraction of sp³-hybridized carbons (Fsp3) is 0.259. The van der Waals surface area contributed by atoms with Gasteiger partial charge in [-0.2, -0.15) is 4.31 Å². The Kier molecular flexibility index (Phi) is 9.68. The summed E-state index contributed by atoms with van der Waals surface area (Å²) in [6.07, 6.45) is 1.03. The fourth-order valence-corrected chi connectivity index (χ4v) is 4.12. The largest absolute Gasteiger partial charge is 0.497 e. The molecule has 1 unspecified atom stereocenters. The molecule has 0 heterocycles. The van der Waals surface area contributed by atoms with Crippen LogP contribution in [0.15, 0.2) is 78.9 Å². The average Bonchev–Trinajstić information content (AvgIpc) is 2.88. The minimum Gasteiger partial charge on any atom is -0.497 e. The summed E-state index contributed by atoms with van der Waals surface area (Å²) in [6, 6.07) is 22.1. The van der Waals surface area contributed by atoms with Gasteiger partial charge in [-0.3, -0.25) is 9.59 Å². The second kappa shape index (κ2) is 12.7. The van der Waals surface area contributed by atoms with Gasteiger partial charge in [0, 0.05) is 25.2 Å². The average molecular weight is 544 g/mol. The standard InChI is InChI=1S/C27H30ClN3O5S/c1-30(37(3,34)35)19-25(32)31(18-21-9-13-23(28)14-10-21)26(22-7-5-4-6-8-22)27(33)29-17-20-11-15-24(36-2)16-12-20/h4-16,26H,17-19H2,1-3H3,(H,29,33). The third-order valence-electron chi connectivity index (χ3n) is 5.81. The van der Waals surface area contributed by atoms with E-state index in [4.69, 9.17) is 16.3 Å². The summed E-state index contributed by atoms with van der Waals surface area (Å²) in [4.78, 5) is 28.6. The summed E-state index contributed by atoms with van der Waals surface area (Å²) < 4.78 is 30.2. The number of ether oxygens (including phenoxy) is 1. The van der Waals surface area contributed by atoms with Crippen molar-refractivity contribution < 1.29 is 22.7 Å². The Morgan fingerprint density at radius 3 is 2.11 bits per heavy atom. The van der Waals surface area contributed by atoms with E-state index in [0.717, 1.165) is 21.7 Å². The lowest BCUT2D eigenvalue weighted by molar-refractivity contribution is -0.141. The lowest BCUT2D eigenvalue weighted by atomic mass is 10.0. The normalized spacial score (nSPS) is 12.1. The zero-order chi connectivity index (χ0) is 27.0. The van der Waals surface area contributed by atoms with Crippen LogP contribution in [0.2, 0.25) is 5.02 Å². The Hall–Kier alpha value is -3.40. The molecule has 0 saturated carbocycles. The Morgan fingerprint density at radius 1 is 0.946 bits per heavy atom. The molecule has 196 valence electrons. The van der Waals surface area contributed by atoms with Gasteiger partial charge >= 0.3 is 0 Å². The van der Waals surface area contributed by atoms with Gasteiger partial charge < -0.3 is 15.0 Å². The minimum atomic E-state index is -3.61. The van der Waals surface area contributed by atoms with Crippen LogP contribution >= 0.6 is 11.6 Å². The smallest absolute Gasteiger partial charge is 0.247 e. The van der Waals surface area contributed by atoms with E-state index in [1.807, 2.05) is 18.2 Å². The molecule has 0 spiro atoms. The van der Waals surface area contributed by atoms with E-state index in [1.165, 1.54) is 11.9 Å². The van der Waals surface area contributed by atoms with Gasteiger partial charge in [0.2, 0.25) is 21.8 Å². The van der Waals surface area contributed by atoms with Crippen molar-refractivity contribution in [3.8, 4) is 5.75 Å². The van der Waals surface area contributed by atoms with Gasteiger partial charge in [0.15, 0.2) is 0 Å². The Balaban J connectivity index is 1.95. The van der Waals surface area contributed by atoms with Crippen molar-refractivity contribution in [1.29, 1.82) is 0 Å². The van der Waals surface area contributed by atoms with Gasteiger partial charge in [-0.25, -0.2) is 8.42 Å². The number of hydrogen-bond donors (Lipinski definition) is 1. The van der Waals surface area contributed by atoms with Crippen molar-refractivity contribution >= 4 is 33.4 Å². The molecule has 3 aromatic rings. The number of halogens is 1. The van der Waals surface area contributed by atoms with E-state index in [-0.39, 0.29) is 13.1 Å². The molecule has 2 amide bonds. The van der Waals surface area contributed by atoms with Gasteiger partial charge in [0.25, 0.3) is 0 Å². The molecular weight excluding hydrogens is 514 g/mol. The first kappa shape index (κ1) is 28.2. The second-order valence-electron chi connectivity index (χ2n) is 8.55. The van der Waals surface area contributed by atoms with Crippen LogP contribution in [0.1, 0.15) is 22.7 Å². The van der Waals surface area contributed by atoms with Gasteiger partial charge in [0.05, 0.1) is 19.9 Å². The van der Waals surface area contributed by atoms with Crippen LogP contribution in [0.5, 0.6) is 5.75 Å². The second-order valence-corrected chi connectivity index (χ2v) is 11.1. The quantitative estimate of drug-likeness (QED) is 0.398. The molecule has 0 fully saturated rings. The van der Waals surface area contributed by atoms with Crippen LogP contribution in [0.3, 0.4) is 0 Å². The van der Waals surface area contributed by atoms with Crippen LogP contribution in [-0.2, 0) is 32.7 Å². The fourth-order valence-electron chi connectivity index (χ4n) is 3.65. The van der Waals surface area contributed by atoms with Crippen molar-refractivity contribution in [2.45, 2.75) is 19.1 Å². The molecule has 0 radical (unpaired) electrons. The van der Waals surface area contributed by atoms with Crippen LogP contribution < -0.4 is 10.1 Å². The van der Waals surface area contributed by atoms with Gasteiger partial charge in [0.1, 0.15) is 11.8 Å². The van der Waals surface area contributed by atoms with E-state index in [0.29, 0.717) is 16.3 Å². The van der Waals surface area contributed by atoms with Crippen LogP contribution in [0, 0.1) is 0 Å². The molecule has 0 aliphatic rings. The van der Waals surface area contributed by atoms with Crippen molar-refractivity contribution in [2.24, 2.45) is 0 Å². The predicted octanol–water partition coefficient (Wildman–Crippen LogP) is 3.63. The van der Waals surface area contributed by atoms with Crippen LogP contribution in [-0.4, -0.2) is 56.4 Å². The summed E-state index contributed by atoms with van der Waals surface area (Å²) in [5.74, 6) is -0.213. The molecule has 3 rings (SSSR count). The number of carbonyl (C=O) groups excluding carboxylic acids is 2. The van der Waals surface area contributed by atoms with Crippen molar-refractivity contribution in [2.75, 3.05) is 27.0 Å². The third kappa shape index (κ3) is 8.04. The van der Waals surface area contributed by atoms with Gasteiger partial charge in [-0.15, -0.1) is 0 Å². The molecule has 0 aromatic heterocycles. The number of amides is 2. The lowest BCUT2D eigenvalue weighted by Crippen LogP contribution is -2.47. The highest BCUT2D eigenvalue weighted by molar-refractivity contribution is 7.88. The van der Waals surface area contributed by atoms with Crippen molar-refractivity contribution in [3.05, 3.63) is 101 Å². The molecule has 10 heteroatoms. The number of rotatable bonds is 11. The molecule has 3 aromatic carbocycles. The van der Waals surface area contributed by atoms with Crippen LogP contribution in [0.4, 0.5) is 0 Å². The molecular formula is C27H30ClN3O5S. The highest BCUT2D eigenvalue weighted by atomic mass is 35.5. The third-order valence-corrected chi connectivity index (χ3v) is 7.33. The summed E-state index contributed by atoms with van der Waals surface area (Å²) in [5, 5.41) is 3.46. The molecule has 37 heavy (non-hydrogen) atoms. The monoisotopic (exact) mass is 543 g/mol. The zero-order valence-corrected chi connectivity index (χ0v) is 22.5. The maximum Gasteiger partial charge on any atom is 0.247 e. The Labute approximate surface area is 222 Å². The summed E-state index contributed by atoms with van der Waals surface area (Å²) >= 11 is 6.03. The summed E-state index contributed by atoms with van der Waals surface area (Å²) in [6.45, 7) is -0.108. The predicted molar refractivity (Wildman–Crippen MR) is 143 cm³/mol. The summed E-state index contributed by atoms with van der Waals surface area (Å²) in [7, 11) is -0.708. The number of methoxy groups -OCH3 is 1. The van der Waals surface area contributed by atoms with Crippen molar-refractivity contribution in [1.82, 2.24) is 14.5 Å². The Bertz CT molecular complexity index is 1300. The SMILES string of the molecule is COc1ccc(CNC(=O)C(c2ccccc2)N(Cc2ccc(Cl)cc2)C(=O)CN(C)S(C)(=O)=O)cc1. The number of nitrogens with zero attached hydrogens (tertiary/aromatic N) is 2. The van der Waals surface area contributed by atoms with Gasteiger partial charge in [-0.05, 0) is 41.0 Å². The molecule has 0 bridgehead atoms. The zero-order valence-electron chi connectivity index (χ0n) is 20.9. The molecule has 0 saturated heterocycles. The lowest BCUT2D eigenvalue weighted by Gasteiger charge is -2.32. The first-order chi connectivity index (χ1) is 17.6. The van der Waals surface area contributed by atoms with E-state index < -0.39 is 34.4 Å². The van der Waals surface area contributed by atoms with Crippen molar-refractivity contribution in [3.63, 3.8) is 0 Å². The summed E-state index contributed by atoms with van der Waals surface area (Å²) in [5.41, 5.74) is 2.19. The topological polar surface area (TPSA) is 96.0 Å². The van der Waals surface area contributed by atoms with E-state index in [1.54, 1.807) is 67.8 Å². The van der Waals surface area contributed by atoms with E-state index in [2.05, 4.69) is 5.32 Å². The molecule has 1 N–H and O–H groups in total. The first-order valence-electron chi connectivity index (χ1n) is 11.5. The first-order valence-corrected chi connectivity index (χ1v) is 13.7. The maximum atomic E-state index is 13.6. The number of likely N-dealkylation sites (N-methyl/N-ethyl adjacent to an activating group) is 1. The molecule has 0 aliphatic carbocycles. The Morgan fingerprint density at radius 2 is 1.54 bits per heavy atom. The maximum absolute atomic E-state index is 13.6. The molecule has 0 aliphatic heterocycles. The van der Waals surface area contributed by atoms with E-state index >= 15 is 0 Å². The van der Waals surface area contributed by atoms with Crippen LogP contribution in [0.25, 0.3) is 0 Å². The minimum absolute atomic E-state index is 0.0725.